The van der Waals surface area contributed by atoms with Gasteiger partial charge in [-0.2, -0.15) is 0 Å². The molecule has 0 aromatic carbocycles. The lowest BCUT2D eigenvalue weighted by Gasteiger charge is -2.31. The van der Waals surface area contributed by atoms with Gasteiger partial charge in [-0.1, -0.05) is 4.49 Å². The fourth-order valence-electron chi connectivity index (χ4n) is 3.11. The van der Waals surface area contributed by atoms with Crippen LogP contribution in [0, 0.1) is 6.92 Å². The number of thiophene rings is 1. The van der Waals surface area contributed by atoms with Crippen molar-refractivity contribution in [2.24, 2.45) is 0 Å². The van der Waals surface area contributed by atoms with E-state index in [1.165, 1.54) is 16.0 Å². The van der Waals surface area contributed by atoms with Gasteiger partial charge in [-0.25, -0.2) is 8.42 Å². The van der Waals surface area contributed by atoms with Crippen LogP contribution in [-0.4, -0.2) is 48.2 Å². The number of sulfone groups is 1. The molecule has 6 nitrogen and oxygen atoms in total. The lowest BCUT2D eigenvalue weighted by molar-refractivity contribution is -0.132. The van der Waals surface area contributed by atoms with E-state index in [4.69, 9.17) is 0 Å². The number of carbonyl (C=O) groups is 1. The summed E-state index contributed by atoms with van der Waals surface area (Å²) in [7, 11) is -3.29. The van der Waals surface area contributed by atoms with Crippen LogP contribution < -0.4 is 0 Å². The number of aryl methyl sites for hydroxylation is 2. The number of piperidine rings is 1. The molecule has 0 aliphatic carbocycles. The standard InChI is InChI=1S/C16H21N3O3S3/c1-11-3-4-13(23-11)5-6-14(20)19-9-7-12(8-10-19)15-16(24-18-17-15)25(2,21)22/h3-4,12H,5-10H2,1-2H3. The van der Waals surface area contributed by atoms with Crippen LogP contribution in [0.15, 0.2) is 16.3 Å². The number of amides is 1. The second kappa shape index (κ2) is 7.51. The zero-order valence-electron chi connectivity index (χ0n) is 14.3. The van der Waals surface area contributed by atoms with Crippen molar-refractivity contribution in [3.05, 3.63) is 27.6 Å². The van der Waals surface area contributed by atoms with Crippen molar-refractivity contribution in [1.82, 2.24) is 14.5 Å². The van der Waals surface area contributed by atoms with Gasteiger partial charge in [0.2, 0.25) is 5.91 Å². The van der Waals surface area contributed by atoms with Crippen molar-refractivity contribution in [2.45, 2.75) is 42.7 Å². The van der Waals surface area contributed by atoms with Gasteiger partial charge in [0.05, 0.1) is 5.69 Å². The van der Waals surface area contributed by atoms with Gasteiger partial charge in [0, 0.05) is 53.0 Å². The molecule has 9 heteroatoms. The maximum atomic E-state index is 12.4. The molecule has 1 aliphatic heterocycles. The summed E-state index contributed by atoms with van der Waals surface area (Å²) in [5, 5.41) is 4.04. The van der Waals surface area contributed by atoms with Gasteiger partial charge in [0.15, 0.2) is 14.0 Å². The molecule has 2 aromatic heterocycles. The molecule has 3 heterocycles. The fourth-order valence-corrected chi connectivity index (χ4v) is 5.73. The van der Waals surface area contributed by atoms with Gasteiger partial charge in [-0.05, 0) is 38.3 Å². The van der Waals surface area contributed by atoms with Gasteiger partial charge >= 0.3 is 0 Å². The number of rotatable bonds is 5. The molecule has 0 N–H and O–H groups in total. The number of nitrogens with zero attached hydrogens (tertiary/aromatic N) is 3. The Morgan fingerprint density at radius 3 is 2.64 bits per heavy atom. The average Bonchev–Trinajstić information content (AvgIpc) is 3.21. The number of carbonyl (C=O) groups excluding carboxylic acids is 1. The molecule has 1 aliphatic rings. The summed E-state index contributed by atoms with van der Waals surface area (Å²) in [4.78, 5) is 16.8. The number of aromatic nitrogens is 2. The molecule has 0 unspecified atom stereocenters. The highest BCUT2D eigenvalue weighted by Gasteiger charge is 2.30. The van der Waals surface area contributed by atoms with E-state index < -0.39 is 9.84 Å². The quantitative estimate of drug-likeness (QED) is 0.772. The molecule has 136 valence electrons. The molecule has 25 heavy (non-hydrogen) atoms. The molecule has 1 fully saturated rings. The number of likely N-dealkylation sites (tertiary alicyclic amines) is 1. The number of hydrogen-bond acceptors (Lipinski definition) is 7. The SMILES string of the molecule is Cc1ccc(CCC(=O)N2CCC(c3nnsc3S(C)(=O)=O)CC2)s1. The summed E-state index contributed by atoms with van der Waals surface area (Å²) in [6.45, 7) is 3.36. The first-order valence-electron chi connectivity index (χ1n) is 8.20. The predicted molar refractivity (Wildman–Crippen MR) is 99.0 cm³/mol. The summed E-state index contributed by atoms with van der Waals surface area (Å²) in [5.74, 6) is 0.233. The zero-order valence-corrected chi connectivity index (χ0v) is 16.7. The maximum absolute atomic E-state index is 12.4. The van der Waals surface area contributed by atoms with Crippen LogP contribution in [0.5, 0.6) is 0 Å². The Kier molecular flexibility index (Phi) is 5.55. The van der Waals surface area contributed by atoms with Crippen LogP contribution in [0.4, 0.5) is 0 Å². The third-order valence-corrected chi connectivity index (χ3v) is 8.05. The molecule has 0 bridgehead atoms. The third kappa shape index (κ3) is 4.45. The van der Waals surface area contributed by atoms with Gasteiger partial charge in [-0.3, -0.25) is 4.79 Å². The minimum absolute atomic E-state index is 0.0625. The van der Waals surface area contributed by atoms with Crippen LogP contribution >= 0.6 is 22.9 Å². The molecule has 3 rings (SSSR count). The molecular weight excluding hydrogens is 378 g/mol. The van der Waals surface area contributed by atoms with Crippen molar-refractivity contribution in [3.8, 4) is 0 Å². The fraction of sp³-hybridized carbons (Fsp3) is 0.562. The molecule has 0 radical (unpaired) electrons. The maximum Gasteiger partial charge on any atom is 0.222 e. The van der Waals surface area contributed by atoms with E-state index in [1.54, 1.807) is 11.3 Å². The predicted octanol–water partition coefficient (Wildman–Crippen LogP) is 2.65. The largest absolute Gasteiger partial charge is 0.343 e. The van der Waals surface area contributed by atoms with E-state index in [9.17, 15) is 13.2 Å². The summed E-state index contributed by atoms with van der Waals surface area (Å²) >= 11 is 2.67. The van der Waals surface area contributed by atoms with E-state index in [2.05, 4.69) is 28.6 Å². The van der Waals surface area contributed by atoms with Crippen LogP contribution in [-0.2, 0) is 21.1 Å². The molecule has 0 atom stereocenters. The molecule has 0 spiro atoms. The second-order valence-electron chi connectivity index (χ2n) is 6.39. The summed E-state index contributed by atoms with van der Waals surface area (Å²) in [6.07, 6.45) is 3.97. The Morgan fingerprint density at radius 2 is 2.04 bits per heavy atom. The van der Waals surface area contributed by atoms with E-state index in [0.29, 0.717) is 25.2 Å². The highest BCUT2D eigenvalue weighted by atomic mass is 32.2. The van der Waals surface area contributed by atoms with E-state index >= 15 is 0 Å². The van der Waals surface area contributed by atoms with E-state index in [0.717, 1.165) is 30.8 Å². The molecule has 1 saturated heterocycles. The normalized spacial score (nSPS) is 16.3. The van der Waals surface area contributed by atoms with Crippen LogP contribution in [0.1, 0.15) is 40.6 Å². The van der Waals surface area contributed by atoms with Crippen LogP contribution in [0.25, 0.3) is 0 Å². The first-order valence-corrected chi connectivity index (χ1v) is 11.7. The molecule has 1 amide bonds. The highest BCUT2D eigenvalue weighted by Crippen LogP contribution is 2.32. The van der Waals surface area contributed by atoms with Crippen molar-refractivity contribution in [1.29, 1.82) is 0 Å². The first kappa shape index (κ1) is 18.5. The van der Waals surface area contributed by atoms with E-state index in [-0.39, 0.29) is 16.0 Å². The van der Waals surface area contributed by atoms with Crippen molar-refractivity contribution >= 4 is 38.6 Å². The summed E-state index contributed by atoms with van der Waals surface area (Å²) in [5.41, 5.74) is 0.577. The van der Waals surface area contributed by atoms with Gasteiger partial charge in [-0.15, -0.1) is 16.4 Å². The van der Waals surface area contributed by atoms with Crippen molar-refractivity contribution < 1.29 is 13.2 Å². The Labute approximate surface area is 156 Å². The Balaban J connectivity index is 1.55. The highest BCUT2D eigenvalue weighted by molar-refractivity contribution is 7.92. The molecule has 0 saturated carbocycles. The Bertz CT molecular complexity index is 849. The third-order valence-electron chi connectivity index (χ3n) is 4.43. The lowest BCUT2D eigenvalue weighted by Crippen LogP contribution is -2.38. The van der Waals surface area contributed by atoms with Gasteiger partial charge in [0.25, 0.3) is 0 Å². The van der Waals surface area contributed by atoms with Crippen molar-refractivity contribution in [2.75, 3.05) is 19.3 Å². The second-order valence-corrected chi connectivity index (χ2v) is 10.7. The average molecular weight is 400 g/mol. The smallest absolute Gasteiger partial charge is 0.222 e. The van der Waals surface area contributed by atoms with Crippen LogP contribution in [0.3, 0.4) is 0 Å². The summed E-state index contributed by atoms with van der Waals surface area (Å²) < 4.78 is 27.7. The zero-order chi connectivity index (χ0) is 18.0. The molecular formula is C16H21N3O3S3. The minimum atomic E-state index is -3.29. The monoisotopic (exact) mass is 399 g/mol. The van der Waals surface area contributed by atoms with E-state index in [1.807, 2.05) is 4.90 Å². The topological polar surface area (TPSA) is 80.2 Å². The molecule has 2 aromatic rings. The Hall–Kier alpha value is -1.32. The minimum Gasteiger partial charge on any atom is -0.343 e. The first-order chi connectivity index (χ1) is 11.8. The van der Waals surface area contributed by atoms with Crippen molar-refractivity contribution in [3.63, 3.8) is 0 Å². The summed E-state index contributed by atoms with van der Waals surface area (Å²) in [6, 6.07) is 4.17. The van der Waals surface area contributed by atoms with Gasteiger partial charge in [0.1, 0.15) is 0 Å². The van der Waals surface area contributed by atoms with Gasteiger partial charge < -0.3 is 4.90 Å². The number of hydrogen-bond donors (Lipinski definition) is 0. The lowest BCUT2D eigenvalue weighted by atomic mass is 9.94. The van der Waals surface area contributed by atoms with Crippen LogP contribution in [0.2, 0.25) is 0 Å². The Morgan fingerprint density at radius 1 is 1.32 bits per heavy atom.